The van der Waals surface area contributed by atoms with Crippen LogP contribution in [-0.2, 0) is 29.2 Å². The molecule has 0 unspecified atom stereocenters. The molecule has 0 aliphatic carbocycles. The van der Waals surface area contributed by atoms with Crippen molar-refractivity contribution in [3.8, 4) is 11.1 Å². The highest BCUT2D eigenvalue weighted by atomic mass is 16.7. The minimum atomic E-state index is -0.535. The quantitative estimate of drug-likeness (QED) is 0.183. The lowest BCUT2D eigenvalue weighted by atomic mass is 9.90. The van der Waals surface area contributed by atoms with Gasteiger partial charge in [-0.1, -0.05) is 110 Å². The van der Waals surface area contributed by atoms with Crippen LogP contribution in [0, 0.1) is 5.92 Å². The zero-order chi connectivity index (χ0) is 30.9. The van der Waals surface area contributed by atoms with E-state index >= 15 is 0 Å². The normalized spacial score (nSPS) is 19.9. The minimum absolute atomic E-state index is 0.0114. The highest BCUT2D eigenvalue weighted by Crippen LogP contribution is 2.42. The average molecular weight is 594 g/mol. The van der Waals surface area contributed by atoms with Crippen LogP contribution < -0.4 is 10.6 Å². The zero-order valence-electron chi connectivity index (χ0n) is 25.8. The monoisotopic (exact) mass is 593 g/mol. The third-order valence-corrected chi connectivity index (χ3v) is 8.20. The van der Waals surface area contributed by atoms with Crippen molar-refractivity contribution >= 4 is 6.03 Å². The smallest absolute Gasteiger partial charge is 0.315 e. The molecule has 7 heteroatoms. The number of aliphatic hydroxyl groups excluding tert-OH is 1. The first kappa shape index (κ1) is 31.4. The van der Waals surface area contributed by atoms with Crippen molar-refractivity contribution in [3.05, 3.63) is 131 Å². The second-order valence-electron chi connectivity index (χ2n) is 11.5. The Morgan fingerprint density at radius 1 is 0.818 bits per heavy atom. The largest absolute Gasteiger partial charge is 0.392 e. The number of amides is 2. The first-order valence-electron chi connectivity index (χ1n) is 15.4. The van der Waals surface area contributed by atoms with Crippen LogP contribution in [-0.4, -0.2) is 42.3 Å². The number of urea groups is 1. The van der Waals surface area contributed by atoms with Gasteiger partial charge in [0.15, 0.2) is 6.29 Å². The Bertz CT molecular complexity index is 1480. The summed E-state index contributed by atoms with van der Waals surface area (Å²) >= 11 is 0. The van der Waals surface area contributed by atoms with Gasteiger partial charge in [-0.25, -0.2) is 4.79 Å². The molecule has 1 heterocycles. The van der Waals surface area contributed by atoms with Crippen LogP contribution in [0.25, 0.3) is 11.1 Å². The Labute approximate surface area is 260 Å². The number of hydrogen-bond acceptors (Lipinski definition) is 5. The van der Waals surface area contributed by atoms with E-state index < -0.39 is 6.29 Å². The summed E-state index contributed by atoms with van der Waals surface area (Å²) in [6.07, 6.45) is -0.768. The summed E-state index contributed by atoms with van der Waals surface area (Å²) < 4.78 is 13.4. The molecule has 7 nitrogen and oxygen atoms in total. The molecule has 0 radical (unpaired) electrons. The maximum absolute atomic E-state index is 12.0. The van der Waals surface area contributed by atoms with Crippen molar-refractivity contribution in [2.75, 3.05) is 20.1 Å². The summed E-state index contributed by atoms with van der Waals surface area (Å²) in [4.78, 5) is 14.3. The Kier molecular flexibility index (Phi) is 10.8. The van der Waals surface area contributed by atoms with Gasteiger partial charge < -0.3 is 25.2 Å². The van der Waals surface area contributed by atoms with Gasteiger partial charge in [0.05, 0.1) is 18.8 Å². The Hall–Kier alpha value is -4.01. The minimum Gasteiger partial charge on any atom is -0.392 e. The van der Waals surface area contributed by atoms with Gasteiger partial charge in [0.25, 0.3) is 0 Å². The molecule has 0 bridgehead atoms. The van der Waals surface area contributed by atoms with E-state index in [0.29, 0.717) is 13.1 Å². The van der Waals surface area contributed by atoms with Gasteiger partial charge in [-0.2, -0.15) is 0 Å². The lowest BCUT2D eigenvalue weighted by molar-refractivity contribution is -0.276. The summed E-state index contributed by atoms with van der Waals surface area (Å²) in [5.41, 5.74) is 7.33. The Morgan fingerprint density at radius 3 is 2.20 bits per heavy atom. The first-order valence-corrected chi connectivity index (χ1v) is 15.4. The van der Waals surface area contributed by atoms with Crippen LogP contribution >= 0.6 is 0 Å². The van der Waals surface area contributed by atoms with Crippen LogP contribution in [0.1, 0.15) is 54.1 Å². The molecule has 44 heavy (non-hydrogen) atoms. The summed E-state index contributed by atoms with van der Waals surface area (Å²) in [6.45, 7) is 6.70. The number of benzene rings is 4. The third-order valence-electron chi connectivity index (χ3n) is 8.20. The van der Waals surface area contributed by atoms with Gasteiger partial charge in [0.2, 0.25) is 0 Å². The number of hydrogen-bond donors (Lipinski definition) is 3. The summed E-state index contributed by atoms with van der Waals surface area (Å²) in [6, 6.07) is 34.7. The fraction of sp³-hybridized carbons (Fsp3) is 0.324. The predicted molar refractivity (Wildman–Crippen MR) is 174 cm³/mol. The molecule has 0 aromatic heterocycles. The second kappa shape index (κ2) is 15.1. The predicted octanol–water partition coefficient (Wildman–Crippen LogP) is 6.59. The molecule has 1 fully saturated rings. The van der Waals surface area contributed by atoms with E-state index in [1.807, 2.05) is 43.3 Å². The van der Waals surface area contributed by atoms with E-state index in [-0.39, 0.29) is 30.8 Å². The first-order chi connectivity index (χ1) is 21.4. The lowest BCUT2D eigenvalue weighted by Crippen LogP contribution is -2.43. The SMILES string of the molecule is CCNC(=O)NCc1ccccc1-c1ccc([C@H]2O[C@@H](CN(C)Cc3ccccc3)[C@@H](C)[C@@H](c3ccc(CO)cc3)O2)cc1. The molecule has 0 spiro atoms. The molecule has 1 aliphatic rings. The van der Waals surface area contributed by atoms with Crippen molar-refractivity contribution < 1.29 is 19.4 Å². The molecule has 230 valence electrons. The Balaban J connectivity index is 1.36. The standard InChI is InChI=1S/C37H43N3O4/c1-4-38-37(42)39-22-32-12-8-9-13-33(32)29-18-20-31(21-19-29)36-43-34(24-40(3)23-27-10-6-5-7-11-27)26(2)35(44-36)30-16-14-28(25-41)15-17-30/h5-21,26,34-36,41H,4,22-25H2,1-3H3,(H2,38,39,42)/t26-,34+,35+,36+/m1/s1. The van der Waals surface area contributed by atoms with Crippen molar-refractivity contribution in [1.82, 2.24) is 15.5 Å². The fourth-order valence-corrected chi connectivity index (χ4v) is 5.77. The summed E-state index contributed by atoms with van der Waals surface area (Å²) in [5.74, 6) is 0.105. The van der Waals surface area contributed by atoms with Gasteiger partial charge >= 0.3 is 6.03 Å². The van der Waals surface area contributed by atoms with Crippen LogP contribution in [0.3, 0.4) is 0 Å². The number of rotatable bonds is 11. The molecule has 4 atom stereocenters. The van der Waals surface area contributed by atoms with Crippen molar-refractivity contribution in [1.29, 1.82) is 0 Å². The van der Waals surface area contributed by atoms with Crippen LogP contribution in [0.15, 0.2) is 103 Å². The van der Waals surface area contributed by atoms with E-state index in [1.165, 1.54) is 5.56 Å². The molecule has 2 amide bonds. The topological polar surface area (TPSA) is 83.1 Å². The molecule has 4 aromatic rings. The van der Waals surface area contributed by atoms with E-state index in [4.69, 9.17) is 9.47 Å². The fourth-order valence-electron chi connectivity index (χ4n) is 5.77. The summed E-state index contributed by atoms with van der Waals surface area (Å²) in [7, 11) is 2.13. The number of carbonyl (C=O) groups excluding carboxylic acids is 1. The lowest BCUT2D eigenvalue weighted by Gasteiger charge is -2.42. The van der Waals surface area contributed by atoms with Crippen LogP contribution in [0.5, 0.6) is 0 Å². The Morgan fingerprint density at radius 2 is 1.50 bits per heavy atom. The number of nitrogens with one attached hydrogen (secondary N) is 2. The molecular weight excluding hydrogens is 550 g/mol. The van der Waals surface area contributed by atoms with Crippen LogP contribution in [0.2, 0.25) is 0 Å². The molecule has 1 aliphatic heterocycles. The van der Waals surface area contributed by atoms with E-state index in [9.17, 15) is 9.90 Å². The van der Waals surface area contributed by atoms with Crippen LogP contribution in [0.4, 0.5) is 4.79 Å². The van der Waals surface area contributed by atoms with E-state index in [0.717, 1.165) is 46.5 Å². The molecule has 4 aromatic carbocycles. The highest BCUT2D eigenvalue weighted by Gasteiger charge is 2.38. The molecule has 1 saturated heterocycles. The number of ether oxygens (including phenoxy) is 2. The maximum atomic E-state index is 12.0. The number of carbonyl (C=O) groups is 1. The molecular formula is C37H43N3O4. The second-order valence-corrected chi connectivity index (χ2v) is 11.5. The van der Waals surface area contributed by atoms with Gasteiger partial charge in [-0.3, -0.25) is 4.90 Å². The highest BCUT2D eigenvalue weighted by molar-refractivity contribution is 5.74. The van der Waals surface area contributed by atoms with Crippen molar-refractivity contribution in [2.45, 2.75) is 52.0 Å². The summed E-state index contributed by atoms with van der Waals surface area (Å²) in [5, 5.41) is 15.3. The number of nitrogens with zero attached hydrogens (tertiary/aromatic N) is 1. The maximum Gasteiger partial charge on any atom is 0.315 e. The van der Waals surface area contributed by atoms with Gasteiger partial charge in [-0.15, -0.1) is 0 Å². The van der Waals surface area contributed by atoms with Crippen molar-refractivity contribution in [2.24, 2.45) is 5.92 Å². The zero-order valence-corrected chi connectivity index (χ0v) is 25.8. The molecule has 3 N–H and O–H groups in total. The molecule has 0 saturated carbocycles. The van der Waals surface area contributed by atoms with E-state index in [2.05, 4.69) is 96.2 Å². The van der Waals surface area contributed by atoms with Gasteiger partial charge in [0, 0.05) is 37.7 Å². The number of likely N-dealkylation sites (N-methyl/N-ethyl adjacent to an activating group) is 1. The van der Waals surface area contributed by atoms with Crippen molar-refractivity contribution in [3.63, 3.8) is 0 Å². The average Bonchev–Trinajstić information content (AvgIpc) is 3.05. The molecule has 5 rings (SSSR count). The van der Waals surface area contributed by atoms with Gasteiger partial charge in [-0.05, 0) is 47.4 Å². The van der Waals surface area contributed by atoms with E-state index in [1.54, 1.807) is 0 Å². The number of aliphatic hydroxyl groups is 1. The van der Waals surface area contributed by atoms with Gasteiger partial charge in [0.1, 0.15) is 0 Å². The third kappa shape index (κ3) is 7.92.